The van der Waals surface area contributed by atoms with E-state index >= 15 is 0 Å². The van der Waals surface area contributed by atoms with Crippen LogP contribution in [0.2, 0.25) is 10.2 Å². The minimum atomic E-state index is -0.545. The molecule has 1 aliphatic rings. The second-order valence-corrected chi connectivity index (χ2v) is 4.62. The smallest absolute Gasteiger partial charge is 0.163 e. The zero-order chi connectivity index (χ0) is 11.1. The molecule has 0 radical (unpaired) electrons. The van der Waals surface area contributed by atoms with Crippen LogP contribution in [0.1, 0.15) is 25.5 Å². The molecule has 1 saturated heterocycles. The molecule has 82 valence electrons. The number of hydrogen-bond acceptors (Lipinski definition) is 3. The fourth-order valence-electron chi connectivity index (χ4n) is 1.46. The summed E-state index contributed by atoms with van der Waals surface area (Å²) in [4.78, 5) is 3.97. The average Bonchev–Trinajstić information content (AvgIpc) is 2.51. The van der Waals surface area contributed by atoms with Crippen molar-refractivity contribution in [3.05, 3.63) is 28.0 Å². The number of pyridine rings is 1. The SMILES string of the molecule is CC1(C)OCC(c2cnc(Cl)c(Cl)c2)O1. The van der Waals surface area contributed by atoms with E-state index < -0.39 is 5.79 Å². The van der Waals surface area contributed by atoms with Crippen molar-refractivity contribution in [1.29, 1.82) is 0 Å². The summed E-state index contributed by atoms with van der Waals surface area (Å²) < 4.78 is 11.1. The minimum absolute atomic E-state index is 0.123. The number of ether oxygens (including phenoxy) is 2. The molecule has 1 aromatic rings. The maximum absolute atomic E-state index is 5.87. The Bertz CT molecular complexity index is 382. The Labute approximate surface area is 98.3 Å². The highest BCUT2D eigenvalue weighted by Crippen LogP contribution is 2.34. The highest BCUT2D eigenvalue weighted by atomic mass is 35.5. The summed E-state index contributed by atoms with van der Waals surface area (Å²) in [7, 11) is 0. The predicted octanol–water partition coefficient (Wildman–Crippen LogP) is 3.21. The van der Waals surface area contributed by atoms with Gasteiger partial charge in [-0.15, -0.1) is 0 Å². The monoisotopic (exact) mass is 247 g/mol. The Morgan fingerprint density at radius 2 is 2.20 bits per heavy atom. The Morgan fingerprint density at radius 3 is 2.73 bits per heavy atom. The van der Waals surface area contributed by atoms with Crippen molar-refractivity contribution in [2.24, 2.45) is 0 Å². The van der Waals surface area contributed by atoms with Gasteiger partial charge in [0.25, 0.3) is 0 Å². The Kier molecular flexibility index (Phi) is 2.90. The number of aromatic nitrogens is 1. The van der Waals surface area contributed by atoms with E-state index in [9.17, 15) is 0 Å². The van der Waals surface area contributed by atoms with Crippen LogP contribution < -0.4 is 0 Å². The van der Waals surface area contributed by atoms with Gasteiger partial charge in [-0.25, -0.2) is 4.98 Å². The van der Waals surface area contributed by atoms with Crippen LogP contribution in [-0.2, 0) is 9.47 Å². The summed E-state index contributed by atoms with van der Waals surface area (Å²) in [6.45, 7) is 4.25. The molecule has 0 N–H and O–H groups in total. The van der Waals surface area contributed by atoms with Crippen LogP contribution in [0.25, 0.3) is 0 Å². The first-order chi connectivity index (χ1) is 6.98. The summed E-state index contributed by atoms with van der Waals surface area (Å²) in [5.74, 6) is -0.545. The molecule has 2 heterocycles. The zero-order valence-corrected chi connectivity index (χ0v) is 9.97. The fourth-order valence-corrected chi connectivity index (χ4v) is 1.74. The third kappa shape index (κ3) is 2.42. The van der Waals surface area contributed by atoms with Gasteiger partial charge in [-0.2, -0.15) is 0 Å². The van der Waals surface area contributed by atoms with Crippen molar-refractivity contribution in [3.8, 4) is 0 Å². The van der Waals surface area contributed by atoms with Crippen molar-refractivity contribution in [2.75, 3.05) is 6.61 Å². The van der Waals surface area contributed by atoms with E-state index in [2.05, 4.69) is 4.98 Å². The summed E-state index contributed by atoms with van der Waals surface area (Å²) in [5.41, 5.74) is 0.884. The normalized spacial score (nSPS) is 24.4. The number of halogens is 2. The number of hydrogen-bond donors (Lipinski definition) is 0. The molecule has 0 spiro atoms. The highest BCUT2D eigenvalue weighted by molar-refractivity contribution is 6.41. The molecule has 0 aromatic carbocycles. The second kappa shape index (κ2) is 3.91. The average molecular weight is 248 g/mol. The summed E-state index contributed by atoms with van der Waals surface area (Å²) >= 11 is 11.6. The molecule has 3 nitrogen and oxygen atoms in total. The van der Waals surface area contributed by atoms with E-state index in [1.807, 2.05) is 13.8 Å². The van der Waals surface area contributed by atoms with Crippen LogP contribution in [0.3, 0.4) is 0 Å². The van der Waals surface area contributed by atoms with Gasteiger partial charge in [0, 0.05) is 11.8 Å². The second-order valence-electron chi connectivity index (χ2n) is 3.86. The van der Waals surface area contributed by atoms with Crippen LogP contribution in [0, 0.1) is 0 Å². The molecule has 15 heavy (non-hydrogen) atoms. The van der Waals surface area contributed by atoms with Gasteiger partial charge in [-0.3, -0.25) is 0 Å². The quantitative estimate of drug-likeness (QED) is 0.715. The van der Waals surface area contributed by atoms with Crippen LogP contribution >= 0.6 is 23.2 Å². The molecule has 1 atom stereocenters. The Morgan fingerprint density at radius 1 is 1.47 bits per heavy atom. The largest absolute Gasteiger partial charge is 0.347 e. The maximum Gasteiger partial charge on any atom is 0.163 e. The molecule has 1 fully saturated rings. The summed E-state index contributed by atoms with van der Waals surface area (Å²) in [5, 5.41) is 0.737. The fraction of sp³-hybridized carbons (Fsp3) is 0.500. The lowest BCUT2D eigenvalue weighted by Gasteiger charge is -2.17. The molecule has 0 aliphatic carbocycles. The van der Waals surface area contributed by atoms with Gasteiger partial charge < -0.3 is 9.47 Å². The highest BCUT2D eigenvalue weighted by Gasteiger charge is 2.33. The number of rotatable bonds is 1. The van der Waals surface area contributed by atoms with Gasteiger partial charge >= 0.3 is 0 Å². The third-order valence-electron chi connectivity index (χ3n) is 2.20. The topological polar surface area (TPSA) is 31.4 Å². The van der Waals surface area contributed by atoms with E-state index in [1.165, 1.54) is 0 Å². The first-order valence-corrected chi connectivity index (χ1v) is 5.36. The summed E-state index contributed by atoms with van der Waals surface area (Å²) in [6, 6.07) is 1.76. The first kappa shape index (κ1) is 11.1. The lowest BCUT2D eigenvalue weighted by molar-refractivity contribution is -0.139. The van der Waals surface area contributed by atoms with Gasteiger partial charge in [0.2, 0.25) is 0 Å². The van der Waals surface area contributed by atoms with Crippen molar-refractivity contribution in [3.63, 3.8) is 0 Å². The third-order valence-corrected chi connectivity index (χ3v) is 2.88. The standard InChI is InChI=1S/C10H11Cl2NO2/c1-10(2)14-5-8(15-10)6-3-7(11)9(12)13-4-6/h3-4,8H,5H2,1-2H3. The predicted molar refractivity (Wildman–Crippen MR) is 58.1 cm³/mol. The summed E-state index contributed by atoms with van der Waals surface area (Å²) in [6.07, 6.45) is 1.53. The van der Waals surface area contributed by atoms with Crippen molar-refractivity contribution in [2.45, 2.75) is 25.7 Å². The van der Waals surface area contributed by atoms with Crippen LogP contribution in [0.4, 0.5) is 0 Å². The molecule has 2 rings (SSSR count). The van der Waals surface area contributed by atoms with E-state index in [4.69, 9.17) is 32.7 Å². The molecular formula is C10H11Cl2NO2. The van der Waals surface area contributed by atoms with Crippen molar-refractivity contribution in [1.82, 2.24) is 4.98 Å². The van der Waals surface area contributed by atoms with Crippen LogP contribution in [0.5, 0.6) is 0 Å². The van der Waals surface area contributed by atoms with Crippen LogP contribution in [0.15, 0.2) is 12.3 Å². The molecule has 1 aromatic heterocycles. The minimum Gasteiger partial charge on any atom is -0.347 e. The molecule has 1 unspecified atom stereocenters. The van der Waals surface area contributed by atoms with Gasteiger partial charge in [0.05, 0.1) is 11.6 Å². The van der Waals surface area contributed by atoms with Crippen LogP contribution in [-0.4, -0.2) is 17.4 Å². The zero-order valence-electron chi connectivity index (χ0n) is 8.46. The van der Waals surface area contributed by atoms with Crippen molar-refractivity contribution < 1.29 is 9.47 Å². The maximum atomic E-state index is 5.87. The van der Waals surface area contributed by atoms with Gasteiger partial charge in [-0.05, 0) is 19.9 Å². The van der Waals surface area contributed by atoms with Gasteiger partial charge in [0.15, 0.2) is 5.79 Å². The lowest BCUT2D eigenvalue weighted by atomic mass is 10.2. The van der Waals surface area contributed by atoms with E-state index in [0.29, 0.717) is 16.8 Å². The molecule has 5 heteroatoms. The lowest BCUT2D eigenvalue weighted by Crippen LogP contribution is -2.19. The molecule has 0 saturated carbocycles. The van der Waals surface area contributed by atoms with Crippen molar-refractivity contribution >= 4 is 23.2 Å². The Hall–Kier alpha value is -0.350. The molecular weight excluding hydrogens is 237 g/mol. The van der Waals surface area contributed by atoms with E-state index in [0.717, 1.165) is 5.56 Å². The molecule has 0 amide bonds. The first-order valence-electron chi connectivity index (χ1n) is 4.61. The van der Waals surface area contributed by atoms with Gasteiger partial charge in [-0.1, -0.05) is 23.2 Å². The number of nitrogens with zero attached hydrogens (tertiary/aromatic N) is 1. The Balaban J connectivity index is 2.21. The molecule has 0 bridgehead atoms. The molecule has 1 aliphatic heterocycles. The van der Waals surface area contributed by atoms with E-state index in [-0.39, 0.29) is 6.10 Å². The van der Waals surface area contributed by atoms with E-state index in [1.54, 1.807) is 12.3 Å². The van der Waals surface area contributed by atoms with Gasteiger partial charge in [0.1, 0.15) is 11.3 Å².